The molecule has 0 bridgehead atoms. The molecular formula is C14H20BrNO. The third kappa shape index (κ3) is 3.02. The van der Waals surface area contributed by atoms with Crippen LogP contribution in [0.5, 0.6) is 0 Å². The summed E-state index contributed by atoms with van der Waals surface area (Å²) in [6.07, 6.45) is 3.94. The van der Waals surface area contributed by atoms with Crippen LogP contribution in [0.3, 0.4) is 0 Å². The third-order valence-electron chi connectivity index (χ3n) is 3.55. The normalized spacial score (nSPS) is 19.9. The van der Waals surface area contributed by atoms with Crippen molar-refractivity contribution in [2.75, 3.05) is 18.0 Å². The molecule has 0 aromatic heterocycles. The molecule has 1 aromatic carbocycles. The van der Waals surface area contributed by atoms with Crippen molar-refractivity contribution in [3.8, 4) is 0 Å². The van der Waals surface area contributed by atoms with Crippen molar-refractivity contribution in [1.82, 2.24) is 0 Å². The summed E-state index contributed by atoms with van der Waals surface area (Å²) in [4.78, 5) is 2.45. The molecule has 1 atom stereocenters. The second kappa shape index (κ2) is 5.87. The standard InChI is InChI=1S/C14H20BrNO/c1-2-3-11-6-7-16(9-11)13-5-4-12(10-17)14(15)8-13/h4-5,8,11,17H,2-3,6-7,9-10H2,1H3. The summed E-state index contributed by atoms with van der Waals surface area (Å²) in [5.74, 6) is 0.858. The van der Waals surface area contributed by atoms with Crippen LogP contribution in [0.25, 0.3) is 0 Å². The number of benzene rings is 1. The number of anilines is 1. The van der Waals surface area contributed by atoms with E-state index < -0.39 is 0 Å². The number of halogens is 1. The van der Waals surface area contributed by atoms with Crippen LogP contribution in [0.15, 0.2) is 22.7 Å². The predicted molar refractivity (Wildman–Crippen MR) is 75.3 cm³/mol. The highest BCUT2D eigenvalue weighted by atomic mass is 79.9. The number of hydrogen-bond donors (Lipinski definition) is 1. The maximum Gasteiger partial charge on any atom is 0.0692 e. The Morgan fingerprint density at radius 2 is 2.29 bits per heavy atom. The first-order valence-electron chi connectivity index (χ1n) is 6.38. The molecule has 0 aliphatic carbocycles. The van der Waals surface area contributed by atoms with Gasteiger partial charge in [-0.2, -0.15) is 0 Å². The van der Waals surface area contributed by atoms with E-state index in [2.05, 4.69) is 39.9 Å². The largest absolute Gasteiger partial charge is 0.392 e. The molecule has 0 amide bonds. The minimum Gasteiger partial charge on any atom is -0.392 e. The maximum atomic E-state index is 9.14. The van der Waals surface area contributed by atoms with Gasteiger partial charge in [0.05, 0.1) is 6.61 Å². The van der Waals surface area contributed by atoms with E-state index in [4.69, 9.17) is 5.11 Å². The number of aliphatic hydroxyl groups excluding tert-OH is 1. The van der Waals surface area contributed by atoms with E-state index in [9.17, 15) is 0 Å². The summed E-state index contributed by atoms with van der Waals surface area (Å²) in [5, 5.41) is 9.14. The summed E-state index contributed by atoms with van der Waals surface area (Å²) in [6.45, 7) is 4.70. The molecule has 17 heavy (non-hydrogen) atoms. The number of nitrogens with zero attached hydrogens (tertiary/aromatic N) is 1. The van der Waals surface area contributed by atoms with Gasteiger partial charge in [0, 0.05) is 23.2 Å². The molecule has 1 fully saturated rings. The van der Waals surface area contributed by atoms with Gasteiger partial charge in [0.1, 0.15) is 0 Å². The fraction of sp³-hybridized carbons (Fsp3) is 0.571. The zero-order valence-electron chi connectivity index (χ0n) is 10.3. The van der Waals surface area contributed by atoms with Gasteiger partial charge in [-0.05, 0) is 36.5 Å². The lowest BCUT2D eigenvalue weighted by molar-refractivity contribution is 0.281. The van der Waals surface area contributed by atoms with Crippen LogP contribution >= 0.6 is 15.9 Å². The SMILES string of the molecule is CCCC1CCN(c2ccc(CO)c(Br)c2)C1. The first kappa shape index (κ1) is 12.9. The van der Waals surface area contributed by atoms with Crippen LogP contribution in [0.2, 0.25) is 0 Å². The molecule has 2 nitrogen and oxygen atoms in total. The average Bonchev–Trinajstić information content (AvgIpc) is 2.78. The van der Waals surface area contributed by atoms with Gasteiger partial charge in [-0.3, -0.25) is 0 Å². The van der Waals surface area contributed by atoms with Crippen molar-refractivity contribution in [2.24, 2.45) is 5.92 Å². The van der Waals surface area contributed by atoms with Crippen molar-refractivity contribution in [1.29, 1.82) is 0 Å². The van der Waals surface area contributed by atoms with Gasteiger partial charge in [-0.1, -0.05) is 35.3 Å². The topological polar surface area (TPSA) is 23.5 Å². The Hall–Kier alpha value is -0.540. The third-order valence-corrected chi connectivity index (χ3v) is 4.29. The Morgan fingerprint density at radius 3 is 2.94 bits per heavy atom. The van der Waals surface area contributed by atoms with Crippen LogP contribution in [0, 0.1) is 5.92 Å². The van der Waals surface area contributed by atoms with Crippen molar-refractivity contribution in [3.63, 3.8) is 0 Å². The van der Waals surface area contributed by atoms with Gasteiger partial charge in [0.2, 0.25) is 0 Å². The molecule has 0 radical (unpaired) electrons. The summed E-state index contributed by atoms with van der Waals surface area (Å²) >= 11 is 3.51. The Morgan fingerprint density at radius 1 is 1.47 bits per heavy atom. The minimum absolute atomic E-state index is 0.0966. The first-order chi connectivity index (χ1) is 8.24. The lowest BCUT2D eigenvalue weighted by Gasteiger charge is -2.19. The highest BCUT2D eigenvalue weighted by molar-refractivity contribution is 9.10. The zero-order valence-corrected chi connectivity index (χ0v) is 11.9. The van der Waals surface area contributed by atoms with Gasteiger partial charge in [-0.15, -0.1) is 0 Å². The molecule has 2 rings (SSSR count). The minimum atomic E-state index is 0.0966. The maximum absolute atomic E-state index is 9.14. The van der Waals surface area contributed by atoms with E-state index in [1.807, 2.05) is 6.07 Å². The summed E-state index contributed by atoms with van der Waals surface area (Å²) in [5.41, 5.74) is 2.23. The Bertz CT molecular complexity index is 380. The molecule has 0 spiro atoms. The van der Waals surface area contributed by atoms with E-state index >= 15 is 0 Å². The van der Waals surface area contributed by atoms with Crippen LogP contribution in [0.4, 0.5) is 5.69 Å². The fourth-order valence-electron chi connectivity index (χ4n) is 2.57. The Labute approximate surface area is 112 Å². The monoisotopic (exact) mass is 297 g/mol. The summed E-state index contributed by atoms with van der Waals surface area (Å²) in [7, 11) is 0. The quantitative estimate of drug-likeness (QED) is 0.918. The van der Waals surface area contributed by atoms with Crippen molar-refractivity contribution in [2.45, 2.75) is 32.8 Å². The molecule has 94 valence electrons. The molecule has 1 unspecified atom stereocenters. The van der Waals surface area contributed by atoms with Crippen molar-refractivity contribution >= 4 is 21.6 Å². The highest BCUT2D eigenvalue weighted by Gasteiger charge is 2.22. The van der Waals surface area contributed by atoms with E-state index in [-0.39, 0.29) is 6.61 Å². The van der Waals surface area contributed by atoms with Crippen LogP contribution in [-0.2, 0) is 6.61 Å². The van der Waals surface area contributed by atoms with Gasteiger partial charge >= 0.3 is 0 Å². The fourth-order valence-corrected chi connectivity index (χ4v) is 3.06. The average molecular weight is 298 g/mol. The van der Waals surface area contributed by atoms with Crippen LogP contribution in [-0.4, -0.2) is 18.2 Å². The highest BCUT2D eigenvalue weighted by Crippen LogP contribution is 2.29. The van der Waals surface area contributed by atoms with Crippen molar-refractivity contribution in [3.05, 3.63) is 28.2 Å². The summed E-state index contributed by atoms with van der Waals surface area (Å²) < 4.78 is 1.01. The molecule has 1 aliphatic rings. The molecule has 1 heterocycles. The lowest BCUT2D eigenvalue weighted by atomic mass is 10.0. The van der Waals surface area contributed by atoms with E-state index in [0.29, 0.717) is 0 Å². The number of rotatable bonds is 4. The Kier molecular flexibility index (Phi) is 4.46. The number of hydrogen-bond acceptors (Lipinski definition) is 2. The molecular weight excluding hydrogens is 278 g/mol. The lowest BCUT2D eigenvalue weighted by Crippen LogP contribution is -2.19. The first-order valence-corrected chi connectivity index (χ1v) is 7.18. The number of aliphatic hydroxyl groups is 1. The molecule has 0 saturated carbocycles. The summed E-state index contributed by atoms with van der Waals surface area (Å²) in [6, 6.07) is 6.25. The van der Waals surface area contributed by atoms with Gasteiger partial charge in [0.15, 0.2) is 0 Å². The van der Waals surface area contributed by atoms with E-state index in [0.717, 1.165) is 22.5 Å². The second-order valence-electron chi connectivity index (χ2n) is 4.82. The zero-order chi connectivity index (χ0) is 12.3. The predicted octanol–water partition coefficient (Wildman–Crippen LogP) is 3.57. The van der Waals surface area contributed by atoms with Gasteiger partial charge < -0.3 is 10.0 Å². The van der Waals surface area contributed by atoms with E-state index in [1.54, 1.807) is 0 Å². The molecule has 1 N–H and O–H groups in total. The molecule has 1 aromatic rings. The Balaban J connectivity index is 2.06. The van der Waals surface area contributed by atoms with Gasteiger partial charge in [-0.25, -0.2) is 0 Å². The van der Waals surface area contributed by atoms with E-state index in [1.165, 1.54) is 31.5 Å². The van der Waals surface area contributed by atoms with Crippen LogP contribution < -0.4 is 4.90 Å². The van der Waals surface area contributed by atoms with Gasteiger partial charge in [0.25, 0.3) is 0 Å². The molecule has 1 aliphatic heterocycles. The van der Waals surface area contributed by atoms with Crippen molar-refractivity contribution < 1.29 is 5.11 Å². The van der Waals surface area contributed by atoms with Crippen LogP contribution in [0.1, 0.15) is 31.7 Å². The molecule has 1 saturated heterocycles. The molecule has 3 heteroatoms. The smallest absolute Gasteiger partial charge is 0.0692 e. The second-order valence-corrected chi connectivity index (χ2v) is 5.68.